The van der Waals surface area contributed by atoms with Crippen LogP contribution in [-0.4, -0.2) is 27.2 Å². The third-order valence-electron chi connectivity index (χ3n) is 3.05. The van der Waals surface area contributed by atoms with Crippen molar-refractivity contribution >= 4 is 11.6 Å². The van der Waals surface area contributed by atoms with Crippen molar-refractivity contribution in [2.75, 3.05) is 11.9 Å². The molecule has 0 bridgehead atoms. The van der Waals surface area contributed by atoms with E-state index in [1.54, 1.807) is 29.2 Å². The van der Waals surface area contributed by atoms with Crippen molar-refractivity contribution in [3.63, 3.8) is 0 Å². The van der Waals surface area contributed by atoms with Crippen LogP contribution in [0.2, 0.25) is 0 Å². The highest BCUT2D eigenvalue weighted by atomic mass is 16.1. The zero-order chi connectivity index (χ0) is 14.4. The van der Waals surface area contributed by atoms with Crippen molar-refractivity contribution in [1.82, 2.24) is 14.8 Å². The number of nitrogens with zero attached hydrogens (tertiary/aromatic N) is 3. The maximum Gasteiger partial charge on any atom is 0.228 e. The molecule has 2 heterocycles. The molecule has 6 nitrogen and oxygen atoms in total. The summed E-state index contributed by atoms with van der Waals surface area (Å²) in [5.41, 5.74) is 6.28. The topological polar surface area (TPSA) is 85.8 Å². The maximum absolute atomic E-state index is 12.0. The fraction of sp³-hybridized carbons (Fsp3) is 0.357. The van der Waals surface area contributed by atoms with Gasteiger partial charge in [0.15, 0.2) is 5.82 Å². The molecular formula is C14H19N5O. The number of pyridine rings is 1. The number of nitrogens with two attached hydrogens (primary N) is 1. The summed E-state index contributed by atoms with van der Waals surface area (Å²) in [4.78, 5) is 16.3. The average molecular weight is 273 g/mol. The second-order valence-corrected chi connectivity index (χ2v) is 4.57. The van der Waals surface area contributed by atoms with Crippen molar-refractivity contribution in [2.24, 2.45) is 11.7 Å². The Labute approximate surface area is 118 Å². The Kier molecular flexibility index (Phi) is 4.84. The van der Waals surface area contributed by atoms with Gasteiger partial charge >= 0.3 is 0 Å². The summed E-state index contributed by atoms with van der Waals surface area (Å²) < 4.78 is 1.66. The first-order valence-corrected chi connectivity index (χ1v) is 6.71. The number of nitrogens with one attached hydrogen (secondary N) is 1. The molecule has 1 amide bonds. The van der Waals surface area contributed by atoms with E-state index < -0.39 is 0 Å². The highest BCUT2D eigenvalue weighted by Gasteiger charge is 2.15. The summed E-state index contributed by atoms with van der Waals surface area (Å²) in [6.07, 6.45) is 6.85. The molecule has 20 heavy (non-hydrogen) atoms. The van der Waals surface area contributed by atoms with Crippen molar-refractivity contribution in [2.45, 2.75) is 19.8 Å². The molecule has 106 valence electrons. The number of rotatable bonds is 6. The molecule has 1 unspecified atom stereocenters. The van der Waals surface area contributed by atoms with E-state index in [2.05, 4.69) is 15.4 Å². The molecule has 0 aliphatic rings. The first-order chi connectivity index (χ1) is 9.74. The zero-order valence-electron chi connectivity index (χ0n) is 11.5. The molecule has 0 aliphatic carbocycles. The van der Waals surface area contributed by atoms with Crippen LogP contribution >= 0.6 is 0 Å². The van der Waals surface area contributed by atoms with Gasteiger partial charge in [-0.15, -0.1) is 0 Å². The Morgan fingerprint density at radius 1 is 1.50 bits per heavy atom. The SMILES string of the molecule is CCCC(CN)C(=O)Nc1ccc(-n2cccn2)nc1. The van der Waals surface area contributed by atoms with Gasteiger partial charge in [-0.05, 0) is 24.6 Å². The third kappa shape index (κ3) is 3.42. The molecule has 0 saturated carbocycles. The molecule has 3 N–H and O–H groups in total. The van der Waals surface area contributed by atoms with Gasteiger partial charge in [-0.2, -0.15) is 5.10 Å². The summed E-state index contributed by atoms with van der Waals surface area (Å²) in [5.74, 6) is 0.505. The standard InChI is InChI=1S/C14H19N5O/c1-2-4-11(9-15)14(20)18-12-5-6-13(16-10-12)19-8-3-7-17-19/h3,5-8,10-11H,2,4,9,15H2,1H3,(H,18,20). The Balaban J connectivity index is 2.02. The molecular weight excluding hydrogens is 254 g/mol. The number of amides is 1. The van der Waals surface area contributed by atoms with Gasteiger partial charge in [0.1, 0.15) is 0 Å². The lowest BCUT2D eigenvalue weighted by Gasteiger charge is -2.13. The van der Waals surface area contributed by atoms with E-state index in [1.807, 2.05) is 19.2 Å². The summed E-state index contributed by atoms with van der Waals surface area (Å²) in [7, 11) is 0. The molecule has 0 aromatic carbocycles. The highest BCUT2D eigenvalue weighted by molar-refractivity contribution is 5.92. The van der Waals surface area contributed by atoms with E-state index in [-0.39, 0.29) is 11.8 Å². The predicted octanol–water partition coefficient (Wildman–Crippen LogP) is 1.58. The number of aromatic nitrogens is 3. The number of hydrogen-bond acceptors (Lipinski definition) is 4. The Morgan fingerprint density at radius 2 is 2.35 bits per heavy atom. The van der Waals surface area contributed by atoms with Crippen LogP contribution in [0.3, 0.4) is 0 Å². The Bertz CT molecular complexity index is 535. The van der Waals surface area contributed by atoms with Crippen LogP contribution in [0.25, 0.3) is 5.82 Å². The van der Waals surface area contributed by atoms with Gasteiger partial charge in [0, 0.05) is 18.9 Å². The van der Waals surface area contributed by atoms with Crippen molar-refractivity contribution < 1.29 is 4.79 Å². The van der Waals surface area contributed by atoms with Crippen molar-refractivity contribution in [3.8, 4) is 5.82 Å². The molecule has 0 spiro atoms. The quantitative estimate of drug-likeness (QED) is 0.836. The van der Waals surface area contributed by atoms with E-state index >= 15 is 0 Å². The summed E-state index contributed by atoms with van der Waals surface area (Å²) in [6.45, 7) is 2.40. The first-order valence-electron chi connectivity index (χ1n) is 6.71. The van der Waals surface area contributed by atoms with Crippen LogP contribution in [0.4, 0.5) is 5.69 Å². The molecule has 0 fully saturated rings. The molecule has 0 saturated heterocycles. The molecule has 2 aromatic rings. The van der Waals surface area contributed by atoms with Crippen LogP contribution in [-0.2, 0) is 4.79 Å². The van der Waals surface area contributed by atoms with Crippen molar-refractivity contribution in [1.29, 1.82) is 0 Å². The zero-order valence-corrected chi connectivity index (χ0v) is 11.5. The minimum Gasteiger partial charge on any atom is -0.330 e. The normalized spacial score (nSPS) is 12.1. The average Bonchev–Trinajstić information content (AvgIpc) is 2.99. The van der Waals surface area contributed by atoms with Gasteiger partial charge in [-0.25, -0.2) is 9.67 Å². The summed E-state index contributed by atoms with van der Waals surface area (Å²) in [6, 6.07) is 5.44. The largest absolute Gasteiger partial charge is 0.330 e. The van der Waals surface area contributed by atoms with E-state index in [0.717, 1.165) is 12.8 Å². The highest BCUT2D eigenvalue weighted by Crippen LogP contribution is 2.12. The number of carbonyl (C=O) groups is 1. The number of carbonyl (C=O) groups excluding carboxylic acids is 1. The number of hydrogen-bond donors (Lipinski definition) is 2. The van der Waals surface area contributed by atoms with Gasteiger partial charge in [-0.3, -0.25) is 4.79 Å². The second-order valence-electron chi connectivity index (χ2n) is 4.57. The van der Waals surface area contributed by atoms with Crippen LogP contribution < -0.4 is 11.1 Å². The minimum atomic E-state index is -0.147. The third-order valence-corrected chi connectivity index (χ3v) is 3.05. The molecule has 2 aromatic heterocycles. The second kappa shape index (κ2) is 6.81. The first kappa shape index (κ1) is 14.2. The molecule has 1 atom stereocenters. The minimum absolute atomic E-state index is 0.0528. The van der Waals surface area contributed by atoms with Gasteiger partial charge in [0.2, 0.25) is 5.91 Å². The van der Waals surface area contributed by atoms with Crippen LogP contribution in [0.15, 0.2) is 36.8 Å². The smallest absolute Gasteiger partial charge is 0.228 e. The monoisotopic (exact) mass is 273 g/mol. The predicted molar refractivity (Wildman–Crippen MR) is 77.4 cm³/mol. The molecule has 0 aliphatic heterocycles. The fourth-order valence-electron chi connectivity index (χ4n) is 1.95. The molecule has 6 heteroatoms. The fourth-order valence-corrected chi connectivity index (χ4v) is 1.95. The van der Waals surface area contributed by atoms with Crippen LogP contribution in [0.1, 0.15) is 19.8 Å². The van der Waals surface area contributed by atoms with Gasteiger partial charge in [0.25, 0.3) is 0 Å². The van der Waals surface area contributed by atoms with Gasteiger partial charge < -0.3 is 11.1 Å². The number of anilines is 1. The Hall–Kier alpha value is -2.21. The van der Waals surface area contributed by atoms with E-state index in [9.17, 15) is 4.79 Å². The summed E-state index contributed by atoms with van der Waals surface area (Å²) >= 11 is 0. The van der Waals surface area contributed by atoms with E-state index in [0.29, 0.717) is 18.1 Å². The van der Waals surface area contributed by atoms with Crippen molar-refractivity contribution in [3.05, 3.63) is 36.8 Å². The lowest BCUT2D eigenvalue weighted by molar-refractivity contribution is -0.119. The van der Waals surface area contributed by atoms with E-state index in [1.165, 1.54) is 0 Å². The molecule has 0 radical (unpaired) electrons. The lowest BCUT2D eigenvalue weighted by Crippen LogP contribution is -2.29. The molecule has 2 rings (SSSR count). The lowest BCUT2D eigenvalue weighted by atomic mass is 10.0. The van der Waals surface area contributed by atoms with Gasteiger partial charge in [0.05, 0.1) is 17.8 Å². The van der Waals surface area contributed by atoms with Crippen LogP contribution in [0, 0.1) is 5.92 Å². The maximum atomic E-state index is 12.0. The van der Waals surface area contributed by atoms with E-state index in [4.69, 9.17) is 5.73 Å². The van der Waals surface area contributed by atoms with Gasteiger partial charge in [-0.1, -0.05) is 13.3 Å². The Morgan fingerprint density at radius 3 is 2.90 bits per heavy atom. The summed E-state index contributed by atoms with van der Waals surface area (Å²) in [5, 5.41) is 6.93. The van der Waals surface area contributed by atoms with Crippen LogP contribution in [0.5, 0.6) is 0 Å².